The number of rotatable bonds is 4. The predicted octanol–water partition coefficient (Wildman–Crippen LogP) is 1.08. The Balaban J connectivity index is 1.45. The number of piperazine rings is 1. The molecule has 2 aliphatic rings. The number of halogens is 1. The predicted molar refractivity (Wildman–Crippen MR) is 88.9 cm³/mol. The zero-order valence-corrected chi connectivity index (χ0v) is 13.8. The summed E-state index contributed by atoms with van der Waals surface area (Å²) < 4.78 is 12.9. The van der Waals surface area contributed by atoms with Crippen molar-refractivity contribution in [2.75, 3.05) is 51.6 Å². The molecule has 1 unspecified atom stereocenters. The lowest BCUT2D eigenvalue weighted by molar-refractivity contribution is -0.141. The van der Waals surface area contributed by atoms with Gasteiger partial charge in [0.15, 0.2) is 0 Å². The molecule has 3 rings (SSSR count). The van der Waals surface area contributed by atoms with Crippen molar-refractivity contribution in [3.63, 3.8) is 0 Å². The first-order chi connectivity index (χ1) is 11.0. The van der Waals surface area contributed by atoms with Crippen LogP contribution < -0.4 is 5.32 Å². The fourth-order valence-corrected chi connectivity index (χ4v) is 3.16. The van der Waals surface area contributed by atoms with Crippen molar-refractivity contribution >= 4 is 11.6 Å². The second-order valence-corrected chi connectivity index (χ2v) is 6.61. The highest BCUT2D eigenvalue weighted by Gasteiger charge is 2.35. The van der Waals surface area contributed by atoms with Crippen molar-refractivity contribution in [2.45, 2.75) is 19.0 Å². The lowest BCUT2D eigenvalue weighted by Crippen LogP contribution is -2.62. The van der Waals surface area contributed by atoms with E-state index < -0.39 is 0 Å². The standard InChI is InChI=1S/C17H25FN4O/c1-13(21-9-7-20(2)8-10-21)17(23)22-11-16(12-22)19-15-5-3-14(18)4-6-15/h3-6,13,16,19H,7-12H2,1-2H3. The minimum atomic E-state index is -0.234. The second-order valence-electron chi connectivity index (χ2n) is 6.61. The third-order valence-electron chi connectivity index (χ3n) is 4.85. The first-order valence-corrected chi connectivity index (χ1v) is 8.26. The van der Waals surface area contributed by atoms with Crippen molar-refractivity contribution in [2.24, 2.45) is 0 Å². The number of anilines is 1. The van der Waals surface area contributed by atoms with E-state index in [1.807, 2.05) is 11.8 Å². The van der Waals surface area contributed by atoms with Crippen LogP contribution in [0, 0.1) is 5.82 Å². The average molecular weight is 320 g/mol. The van der Waals surface area contributed by atoms with Crippen molar-refractivity contribution in [3.05, 3.63) is 30.1 Å². The van der Waals surface area contributed by atoms with E-state index >= 15 is 0 Å². The molecule has 1 N–H and O–H groups in total. The number of nitrogens with one attached hydrogen (secondary N) is 1. The molecule has 0 saturated carbocycles. The number of likely N-dealkylation sites (N-methyl/N-ethyl adjacent to an activating group) is 1. The Labute approximate surface area is 137 Å². The lowest BCUT2D eigenvalue weighted by Gasteiger charge is -2.44. The van der Waals surface area contributed by atoms with Crippen LogP contribution in [0.4, 0.5) is 10.1 Å². The molecule has 5 nitrogen and oxygen atoms in total. The normalized spacial score (nSPS) is 21.8. The van der Waals surface area contributed by atoms with E-state index in [0.717, 1.165) is 31.9 Å². The fraction of sp³-hybridized carbons (Fsp3) is 0.588. The maximum Gasteiger partial charge on any atom is 0.239 e. The molecule has 1 atom stereocenters. The molecular formula is C17H25FN4O. The number of hydrogen-bond acceptors (Lipinski definition) is 4. The monoisotopic (exact) mass is 320 g/mol. The number of carbonyl (C=O) groups is 1. The van der Waals surface area contributed by atoms with Gasteiger partial charge in [-0.3, -0.25) is 9.69 Å². The third-order valence-corrected chi connectivity index (χ3v) is 4.85. The summed E-state index contributed by atoms with van der Waals surface area (Å²) in [5.74, 6) is -0.0197. The van der Waals surface area contributed by atoms with Gasteiger partial charge in [-0.1, -0.05) is 0 Å². The lowest BCUT2D eigenvalue weighted by atomic mass is 10.1. The summed E-state index contributed by atoms with van der Waals surface area (Å²) in [5, 5.41) is 3.33. The van der Waals surface area contributed by atoms with Gasteiger partial charge in [-0.25, -0.2) is 4.39 Å². The van der Waals surface area contributed by atoms with Crippen LogP contribution in [0.3, 0.4) is 0 Å². The van der Waals surface area contributed by atoms with Gasteiger partial charge in [-0.05, 0) is 38.2 Å². The largest absolute Gasteiger partial charge is 0.379 e. The van der Waals surface area contributed by atoms with E-state index in [9.17, 15) is 9.18 Å². The molecule has 2 aliphatic heterocycles. The van der Waals surface area contributed by atoms with Gasteiger partial charge < -0.3 is 15.1 Å². The van der Waals surface area contributed by atoms with Gasteiger partial charge in [0, 0.05) is 45.0 Å². The summed E-state index contributed by atoms with van der Waals surface area (Å²) in [4.78, 5) is 19.0. The van der Waals surface area contributed by atoms with E-state index in [-0.39, 0.29) is 23.8 Å². The number of amides is 1. The van der Waals surface area contributed by atoms with Crippen molar-refractivity contribution in [3.8, 4) is 0 Å². The van der Waals surface area contributed by atoms with Gasteiger partial charge >= 0.3 is 0 Å². The van der Waals surface area contributed by atoms with Crippen LogP contribution in [-0.4, -0.2) is 79.0 Å². The van der Waals surface area contributed by atoms with Gasteiger partial charge in [-0.2, -0.15) is 0 Å². The molecule has 0 bridgehead atoms. The van der Waals surface area contributed by atoms with Crippen LogP contribution in [0.5, 0.6) is 0 Å². The van der Waals surface area contributed by atoms with Crippen LogP contribution >= 0.6 is 0 Å². The Bertz CT molecular complexity index is 536. The summed E-state index contributed by atoms with van der Waals surface area (Å²) in [6.45, 7) is 7.39. The Kier molecular flexibility index (Phi) is 4.82. The Morgan fingerprint density at radius 3 is 2.39 bits per heavy atom. The first-order valence-electron chi connectivity index (χ1n) is 8.26. The molecule has 0 spiro atoms. The summed E-state index contributed by atoms with van der Waals surface area (Å²) >= 11 is 0. The molecule has 23 heavy (non-hydrogen) atoms. The van der Waals surface area contributed by atoms with E-state index in [0.29, 0.717) is 13.1 Å². The van der Waals surface area contributed by atoms with Crippen LogP contribution in [0.2, 0.25) is 0 Å². The molecular weight excluding hydrogens is 295 g/mol. The summed E-state index contributed by atoms with van der Waals surface area (Å²) in [7, 11) is 2.12. The number of carbonyl (C=O) groups excluding carboxylic acids is 1. The number of likely N-dealkylation sites (tertiary alicyclic amines) is 1. The SMILES string of the molecule is CC(C(=O)N1CC(Nc2ccc(F)cc2)C1)N1CCN(C)CC1. The molecule has 0 radical (unpaired) electrons. The number of benzene rings is 1. The fourth-order valence-electron chi connectivity index (χ4n) is 3.16. The highest BCUT2D eigenvalue weighted by molar-refractivity contribution is 5.82. The molecule has 1 amide bonds. The zero-order valence-electron chi connectivity index (χ0n) is 13.8. The quantitative estimate of drug-likeness (QED) is 0.901. The topological polar surface area (TPSA) is 38.8 Å². The first kappa shape index (κ1) is 16.2. The molecule has 2 saturated heterocycles. The molecule has 6 heteroatoms. The van der Waals surface area contributed by atoms with Crippen molar-refractivity contribution in [1.29, 1.82) is 0 Å². The molecule has 1 aromatic carbocycles. The molecule has 2 heterocycles. The molecule has 0 aromatic heterocycles. The highest BCUT2D eigenvalue weighted by Crippen LogP contribution is 2.18. The van der Waals surface area contributed by atoms with Crippen LogP contribution in [0.15, 0.2) is 24.3 Å². The van der Waals surface area contributed by atoms with Crippen LogP contribution in [0.25, 0.3) is 0 Å². The molecule has 0 aliphatic carbocycles. The molecule has 1 aromatic rings. The highest BCUT2D eigenvalue weighted by atomic mass is 19.1. The summed E-state index contributed by atoms with van der Waals surface area (Å²) in [5.41, 5.74) is 0.899. The van der Waals surface area contributed by atoms with Gasteiger partial charge in [0.25, 0.3) is 0 Å². The minimum absolute atomic E-state index is 0.0459. The Morgan fingerprint density at radius 1 is 1.17 bits per heavy atom. The summed E-state index contributed by atoms with van der Waals surface area (Å²) in [6.07, 6.45) is 0. The molecule has 126 valence electrons. The minimum Gasteiger partial charge on any atom is -0.379 e. The average Bonchev–Trinajstić information content (AvgIpc) is 2.52. The third kappa shape index (κ3) is 3.82. The Hall–Kier alpha value is -1.66. The van der Waals surface area contributed by atoms with Crippen LogP contribution in [-0.2, 0) is 4.79 Å². The van der Waals surface area contributed by atoms with Crippen LogP contribution in [0.1, 0.15) is 6.92 Å². The van der Waals surface area contributed by atoms with Crippen molar-refractivity contribution < 1.29 is 9.18 Å². The maximum atomic E-state index is 12.9. The van der Waals surface area contributed by atoms with Crippen molar-refractivity contribution in [1.82, 2.24) is 14.7 Å². The molecule has 2 fully saturated rings. The van der Waals surface area contributed by atoms with E-state index in [1.54, 1.807) is 12.1 Å². The summed E-state index contributed by atoms with van der Waals surface area (Å²) in [6, 6.07) is 6.55. The smallest absolute Gasteiger partial charge is 0.239 e. The van der Waals surface area contributed by atoms with Gasteiger partial charge in [-0.15, -0.1) is 0 Å². The van der Waals surface area contributed by atoms with E-state index in [1.165, 1.54) is 12.1 Å². The van der Waals surface area contributed by atoms with E-state index in [2.05, 4.69) is 22.2 Å². The second kappa shape index (κ2) is 6.84. The van der Waals surface area contributed by atoms with Gasteiger partial charge in [0.2, 0.25) is 5.91 Å². The Morgan fingerprint density at radius 2 is 1.78 bits per heavy atom. The maximum absolute atomic E-state index is 12.9. The number of hydrogen-bond donors (Lipinski definition) is 1. The van der Waals surface area contributed by atoms with Gasteiger partial charge in [0.05, 0.1) is 12.1 Å². The van der Waals surface area contributed by atoms with Gasteiger partial charge in [0.1, 0.15) is 5.82 Å². The zero-order chi connectivity index (χ0) is 16.4. The van der Waals surface area contributed by atoms with E-state index in [4.69, 9.17) is 0 Å². The number of nitrogens with zero attached hydrogens (tertiary/aromatic N) is 3.